The van der Waals surface area contributed by atoms with Gasteiger partial charge < -0.3 is 9.80 Å². The second-order valence-corrected chi connectivity index (χ2v) is 8.24. The van der Waals surface area contributed by atoms with Gasteiger partial charge in [-0.05, 0) is 44.7 Å². The predicted molar refractivity (Wildman–Crippen MR) is 101 cm³/mol. The Bertz CT molecular complexity index is 905. The third-order valence-corrected chi connectivity index (χ3v) is 6.25. The lowest BCUT2D eigenvalue weighted by Crippen LogP contribution is -2.33. The number of aromatic nitrogens is 6. The second kappa shape index (κ2) is 6.46. The monoisotopic (exact) mass is 370 g/mol. The standard InChI is InChI=1S/C17H22N8S/c1-12-18-21-17(26-12)24-10-6-13(7-11-24)16-20-19-14-4-5-15(22-25(14)16)23-8-2-3-9-23/h4-5,13H,2-3,6-11H2,1H3. The van der Waals surface area contributed by atoms with Gasteiger partial charge in [0.2, 0.25) is 5.13 Å². The minimum atomic E-state index is 0.386. The van der Waals surface area contributed by atoms with Crippen molar-refractivity contribution in [1.82, 2.24) is 30.0 Å². The van der Waals surface area contributed by atoms with Gasteiger partial charge in [0.05, 0.1) is 0 Å². The Morgan fingerprint density at radius 3 is 2.46 bits per heavy atom. The maximum absolute atomic E-state index is 4.86. The molecule has 0 saturated carbocycles. The zero-order valence-electron chi connectivity index (χ0n) is 14.9. The molecule has 5 rings (SSSR count). The van der Waals surface area contributed by atoms with E-state index >= 15 is 0 Å². The van der Waals surface area contributed by atoms with E-state index in [0.29, 0.717) is 5.92 Å². The quantitative estimate of drug-likeness (QED) is 0.700. The fourth-order valence-electron chi connectivity index (χ4n) is 3.91. The Morgan fingerprint density at radius 2 is 1.73 bits per heavy atom. The average Bonchev–Trinajstić information content (AvgIpc) is 3.42. The maximum atomic E-state index is 4.86. The number of piperidine rings is 1. The minimum absolute atomic E-state index is 0.386. The van der Waals surface area contributed by atoms with Crippen LogP contribution in [0.15, 0.2) is 12.1 Å². The van der Waals surface area contributed by atoms with Gasteiger partial charge in [0.15, 0.2) is 11.5 Å². The van der Waals surface area contributed by atoms with E-state index in [1.165, 1.54) is 12.8 Å². The number of rotatable bonds is 3. The van der Waals surface area contributed by atoms with Crippen LogP contribution in [0.3, 0.4) is 0 Å². The Hall–Kier alpha value is -2.29. The van der Waals surface area contributed by atoms with Crippen molar-refractivity contribution in [2.75, 3.05) is 36.0 Å². The molecule has 3 aromatic heterocycles. The highest BCUT2D eigenvalue weighted by Crippen LogP contribution is 2.31. The number of aryl methyl sites for hydroxylation is 1. The molecule has 5 heterocycles. The van der Waals surface area contributed by atoms with Crippen molar-refractivity contribution in [3.63, 3.8) is 0 Å². The summed E-state index contributed by atoms with van der Waals surface area (Å²) >= 11 is 1.66. The third-order valence-electron chi connectivity index (χ3n) is 5.35. The van der Waals surface area contributed by atoms with Gasteiger partial charge in [0.25, 0.3) is 0 Å². The number of hydrogen-bond donors (Lipinski definition) is 0. The van der Waals surface area contributed by atoms with E-state index in [4.69, 9.17) is 5.10 Å². The third kappa shape index (κ3) is 2.80. The Morgan fingerprint density at radius 1 is 0.923 bits per heavy atom. The molecule has 0 spiro atoms. The molecule has 2 aliphatic rings. The van der Waals surface area contributed by atoms with Gasteiger partial charge in [-0.1, -0.05) is 11.3 Å². The van der Waals surface area contributed by atoms with Crippen LogP contribution in [0.4, 0.5) is 10.9 Å². The van der Waals surface area contributed by atoms with Gasteiger partial charge in [0.1, 0.15) is 10.8 Å². The normalized spacial score (nSPS) is 19.0. The summed E-state index contributed by atoms with van der Waals surface area (Å²) in [6.07, 6.45) is 4.57. The van der Waals surface area contributed by atoms with E-state index in [2.05, 4.69) is 36.3 Å². The molecule has 0 aliphatic carbocycles. The van der Waals surface area contributed by atoms with Crippen LogP contribution >= 0.6 is 11.3 Å². The predicted octanol–water partition coefficient (Wildman–Crippen LogP) is 2.27. The first kappa shape index (κ1) is 15.9. The topological polar surface area (TPSA) is 75.3 Å². The molecule has 26 heavy (non-hydrogen) atoms. The van der Waals surface area contributed by atoms with E-state index in [-0.39, 0.29) is 0 Å². The molecule has 2 saturated heterocycles. The molecule has 0 radical (unpaired) electrons. The van der Waals surface area contributed by atoms with Crippen LogP contribution in [-0.2, 0) is 0 Å². The van der Waals surface area contributed by atoms with Crippen molar-refractivity contribution in [2.24, 2.45) is 0 Å². The fourth-order valence-corrected chi connectivity index (χ4v) is 4.65. The van der Waals surface area contributed by atoms with Gasteiger partial charge in [0, 0.05) is 32.1 Å². The Labute approximate surface area is 155 Å². The van der Waals surface area contributed by atoms with Crippen molar-refractivity contribution in [2.45, 2.75) is 38.5 Å². The van der Waals surface area contributed by atoms with Crippen molar-refractivity contribution < 1.29 is 0 Å². The summed E-state index contributed by atoms with van der Waals surface area (Å²) in [5, 5.41) is 24.1. The number of anilines is 2. The average molecular weight is 370 g/mol. The Kier molecular flexibility index (Phi) is 3.96. The molecule has 2 fully saturated rings. The smallest absolute Gasteiger partial charge is 0.208 e. The highest BCUT2D eigenvalue weighted by atomic mass is 32.1. The second-order valence-electron chi connectivity index (χ2n) is 7.08. The highest BCUT2D eigenvalue weighted by Gasteiger charge is 2.27. The van der Waals surface area contributed by atoms with Crippen LogP contribution in [0.5, 0.6) is 0 Å². The van der Waals surface area contributed by atoms with E-state index in [1.807, 2.05) is 17.5 Å². The van der Waals surface area contributed by atoms with Crippen LogP contribution < -0.4 is 9.80 Å². The summed E-state index contributed by atoms with van der Waals surface area (Å²) < 4.78 is 1.96. The lowest BCUT2D eigenvalue weighted by molar-refractivity contribution is 0.476. The molecular weight excluding hydrogens is 348 g/mol. The van der Waals surface area contributed by atoms with E-state index in [1.54, 1.807) is 11.3 Å². The molecule has 0 bridgehead atoms. The molecule has 8 nitrogen and oxygen atoms in total. The number of fused-ring (bicyclic) bond motifs is 1. The van der Waals surface area contributed by atoms with Crippen molar-refractivity contribution in [3.05, 3.63) is 23.0 Å². The zero-order valence-corrected chi connectivity index (χ0v) is 15.7. The molecule has 3 aromatic rings. The van der Waals surface area contributed by atoms with E-state index < -0.39 is 0 Å². The summed E-state index contributed by atoms with van der Waals surface area (Å²) in [5.74, 6) is 2.42. The van der Waals surface area contributed by atoms with Gasteiger partial charge >= 0.3 is 0 Å². The molecule has 0 unspecified atom stereocenters. The molecule has 2 aliphatic heterocycles. The van der Waals surface area contributed by atoms with Gasteiger partial charge in [-0.2, -0.15) is 4.52 Å². The highest BCUT2D eigenvalue weighted by molar-refractivity contribution is 7.15. The largest absolute Gasteiger partial charge is 0.355 e. The van der Waals surface area contributed by atoms with Crippen LogP contribution in [-0.4, -0.2) is 56.2 Å². The van der Waals surface area contributed by atoms with Crippen LogP contribution in [0, 0.1) is 6.92 Å². The molecule has 0 aromatic carbocycles. The summed E-state index contributed by atoms with van der Waals surface area (Å²) in [6.45, 7) is 6.13. The number of nitrogens with zero attached hydrogens (tertiary/aromatic N) is 8. The van der Waals surface area contributed by atoms with Crippen molar-refractivity contribution in [3.8, 4) is 0 Å². The SMILES string of the molecule is Cc1nnc(N2CCC(c3nnc4ccc(N5CCCC5)nn34)CC2)s1. The molecule has 136 valence electrons. The molecule has 0 amide bonds. The first-order valence-electron chi connectivity index (χ1n) is 9.30. The van der Waals surface area contributed by atoms with Gasteiger partial charge in [-0.3, -0.25) is 0 Å². The fraction of sp³-hybridized carbons (Fsp3) is 0.588. The summed E-state index contributed by atoms with van der Waals surface area (Å²) in [4.78, 5) is 4.68. The van der Waals surface area contributed by atoms with Crippen molar-refractivity contribution >= 4 is 27.9 Å². The van der Waals surface area contributed by atoms with Gasteiger partial charge in [-0.25, -0.2) is 0 Å². The zero-order chi connectivity index (χ0) is 17.5. The summed E-state index contributed by atoms with van der Waals surface area (Å²) in [5.41, 5.74) is 0.838. The van der Waals surface area contributed by atoms with Gasteiger partial charge in [-0.15, -0.1) is 25.5 Å². The van der Waals surface area contributed by atoms with E-state index in [9.17, 15) is 0 Å². The first-order chi connectivity index (χ1) is 12.8. The van der Waals surface area contributed by atoms with Crippen molar-refractivity contribution in [1.29, 1.82) is 0 Å². The minimum Gasteiger partial charge on any atom is -0.355 e. The lowest BCUT2D eigenvalue weighted by atomic mass is 9.96. The molecular formula is C17H22N8S. The van der Waals surface area contributed by atoms with Crippen LogP contribution in [0.1, 0.15) is 42.4 Å². The van der Waals surface area contributed by atoms with Crippen LogP contribution in [0.25, 0.3) is 5.65 Å². The maximum Gasteiger partial charge on any atom is 0.208 e. The summed E-state index contributed by atoms with van der Waals surface area (Å²) in [7, 11) is 0. The molecule has 9 heteroatoms. The lowest BCUT2D eigenvalue weighted by Gasteiger charge is -2.30. The molecule has 0 atom stereocenters. The van der Waals surface area contributed by atoms with E-state index in [0.717, 1.165) is 66.4 Å². The van der Waals surface area contributed by atoms with Crippen LogP contribution in [0.2, 0.25) is 0 Å². The number of hydrogen-bond acceptors (Lipinski definition) is 8. The molecule has 0 N–H and O–H groups in total. The summed E-state index contributed by atoms with van der Waals surface area (Å²) in [6, 6.07) is 4.11. The Balaban J connectivity index is 1.36. The first-order valence-corrected chi connectivity index (χ1v) is 10.1.